The Hall–Kier alpha value is -2.26. The summed E-state index contributed by atoms with van der Waals surface area (Å²) in [4.78, 5) is 47.5. The van der Waals surface area contributed by atoms with Crippen molar-refractivity contribution < 1.29 is 9.59 Å². The van der Waals surface area contributed by atoms with Gasteiger partial charge >= 0.3 is 0 Å². The fourth-order valence-corrected chi connectivity index (χ4v) is 5.78. The van der Waals surface area contributed by atoms with Crippen LogP contribution in [0.15, 0.2) is 11.1 Å². The van der Waals surface area contributed by atoms with E-state index in [1.807, 2.05) is 0 Å². The van der Waals surface area contributed by atoms with Crippen molar-refractivity contribution in [1.29, 1.82) is 0 Å². The molecule has 156 valence electrons. The molecule has 9 heteroatoms. The quantitative estimate of drug-likeness (QED) is 0.810. The normalized spacial score (nSPS) is 20.1. The van der Waals surface area contributed by atoms with Gasteiger partial charge in [-0.05, 0) is 51.3 Å². The maximum absolute atomic E-state index is 13.2. The first-order chi connectivity index (χ1) is 13.8. The number of piperidine rings is 2. The molecule has 2 aromatic rings. The summed E-state index contributed by atoms with van der Waals surface area (Å²) in [6.45, 7) is 4.55. The zero-order chi connectivity index (χ0) is 20.8. The topological polar surface area (TPSA) is 102 Å². The smallest absolute Gasteiger partial charge is 0.264 e. The molecule has 0 bridgehead atoms. The summed E-state index contributed by atoms with van der Waals surface area (Å²) in [5.74, 6) is -0.374. The highest BCUT2D eigenvalue weighted by molar-refractivity contribution is 7.20. The summed E-state index contributed by atoms with van der Waals surface area (Å²) in [6.07, 6.45) is 5.95. The van der Waals surface area contributed by atoms with Gasteiger partial charge in [-0.2, -0.15) is 0 Å². The van der Waals surface area contributed by atoms with Crippen molar-refractivity contribution in [1.82, 2.24) is 19.4 Å². The molecule has 0 aromatic carbocycles. The maximum atomic E-state index is 13.2. The lowest BCUT2D eigenvalue weighted by molar-refractivity contribution is -0.134. The third kappa shape index (κ3) is 3.26. The second-order valence-corrected chi connectivity index (χ2v) is 9.13. The molecule has 4 rings (SSSR count). The average molecular weight is 418 g/mol. The summed E-state index contributed by atoms with van der Waals surface area (Å²) in [5, 5.41) is 0.514. The number of hydrogen-bond donors (Lipinski definition) is 1. The predicted molar refractivity (Wildman–Crippen MR) is 112 cm³/mol. The number of carbonyl (C=O) groups is 2. The van der Waals surface area contributed by atoms with Gasteiger partial charge in [-0.15, -0.1) is 11.3 Å². The van der Waals surface area contributed by atoms with E-state index in [1.165, 1.54) is 28.7 Å². The molecule has 0 spiro atoms. The molecule has 2 aromatic heterocycles. The molecule has 2 saturated heterocycles. The maximum Gasteiger partial charge on any atom is 0.264 e. The first-order valence-electron chi connectivity index (χ1n) is 10.1. The molecule has 8 nitrogen and oxygen atoms in total. The van der Waals surface area contributed by atoms with Crippen molar-refractivity contribution in [3.63, 3.8) is 0 Å². The second kappa shape index (κ2) is 7.53. The first-order valence-corrected chi connectivity index (χ1v) is 11.0. The lowest BCUT2D eigenvalue weighted by atomic mass is 9.83. The van der Waals surface area contributed by atoms with Crippen LogP contribution in [0.3, 0.4) is 0 Å². The number of nitrogens with two attached hydrogens (primary N) is 1. The zero-order valence-electron chi connectivity index (χ0n) is 16.9. The van der Waals surface area contributed by atoms with E-state index in [-0.39, 0.29) is 17.4 Å². The molecule has 2 fully saturated rings. The molecular formula is C20H27N5O3S. The van der Waals surface area contributed by atoms with Gasteiger partial charge in [0.25, 0.3) is 11.5 Å². The number of rotatable bonds is 3. The van der Waals surface area contributed by atoms with Crippen molar-refractivity contribution >= 4 is 33.4 Å². The number of thiophene rings is 1. The number of primary amides is 1. The van der Waals surface area contributed by atoms with Crippen LogP contribution >= 0.6 is 11.3 Å². The van der Waals surface area contributed by atoms with E-state index >= 15 is 0 Å². The van der Waals surface area contributed by atoms with Crippen LogP contribution in [-0.4, -0.2) is 62.9 Å². The summed E-state index contributed by atoms with van der Waals surface area (Å²) >= 11 is 1.27. The number of nitrogens with zero attached hydrogens (tertiary/aromatic N) is 4. The van der Waals surface area contributed by atoms with E-state index in [1.54, 1.807) is 18.9 Å². The molecule has 2 aliphatic rings. The average Bonchev–Trinajstić information content (AvgIpc) is 3.08. The number of likely N-dealkylation sites (tertiary alicyclic amines) is 2. The van der Waals surface area contributed by atoms with Gasteiger partial charge in [0, 0.05) is 20.1 Å². The van der Waals surface area contributed by atoms with Crippen molar-refractivity contribution in [2.75, 3.05) is 26.2 Å². The molecule has 0 radical (unpaired) electrons. The van der Waals surface area contributed by atoms with Crippen molar-refractivity contribution in [3.8, 4) is 0 Å². The largest absolute Gasteiger partial charge is 0.368 e. The number of fused-ring (bicyclic) bond motifs is 1. The first kappa shape index (κ1) is 20.0. The number of aromatic nitrogens is 2. The van der Waals surface area contributed by atoms with E-state index < -0.39 is 5.54 Å². The lowest BCUT2D eigenvalue weighted by Crippen LogP contribution is -2.63. The van der Waals surface area contributed by atoms with E-state index in [0.29, 0.717) is 46.6 Å². The van der Waals surface area contributed by atoms with Gasteiger partial charge in [0.15, 0.2) is 0 Å². The Balaban J connectivity index is 1.57. The van der Waals surface area contributed by atoms with Gasteiger partial charge in [-0.1, -0.05) is 6.42 Å². The zero-order valence-corrected chi connectivity index (χ0v) is 17.8. The number of hydrogen-bond acceptors (Lipinski definition) is 6. The Morgan fingerprint density at radius 3 is 2.41 bits per heavy atom. The molecular weight excluding hydrogens is 390 g/mol. The highest BCUT2D eigenvalue weighted by atomic mass is 32.1. The minimum Gasteiger partial charge on any atom is -0.368 e. The van der Waals surface area contributed by atoms with Gasteiger partial charge in [0.05, 0.1) is 16.6 Å². The second-order valence-electron chi connectivity index (χ2n) is 8.13. The van der Waals surface area contributed by atoms with Gasteiger partial charge < -0.3 is 15.2 Å². The third-order valence-corrected chi connectivity index (χ3v) is 7.69. The molecule has 2 N–H and O–H groups in total. The van der Waals surface area contributed by atoms with Crippen LogP contribution in [0.5, 0.6) is 0 Å². The number of aryl methyl sites for hydroxylation is 2. The molecule has 2 amide bonds. The summed E-state index contributed by atoms with van der Waals surface area (Å²) in [6, 6.07) is 0. The van der Waals surface area contributed by atoms with Crippen molar-refractivity contribution in [2.24, 2.45) is 12.8 Å². The van der Waals surface area contributed by atoms with Crippen molar-refractivity contribution in [3.05, 3.63) is 27.1 Å². The highest BCUT2D eigenvalue weighted by Gasteiger charge is 2.46. The lowest BCUT2D eigenvalue weighted by Gasteiger charge is -2.48. The minimum atomic E-state index is -0.649. The van der Waals surface area contributed by atoms with Gasteiger partial charge in [0.1, 0.15) is 10.4 Å². The Kier molecular flexibility index (Phi) is 5.20. The highest BCUT2D eigenvalue weighted by Crippen LogP contribution is 2.34. The minimum absolute atomic E-state index is 0.0933. The Bertz CT molecular complexity index is 1010. The standard InChI is InChI=1S/C20H27N5O3S/c1-13-14-16(22-12-23(2)17(14)26)29-15(13)18(27)24-10-6-20(7-11-24,19(21)28)25-8-4-3-5-9-25/h12H,3-11H2,1-2H3,(H2,21,28). The van der Waals surface area contributed by atoms with E-state index in [2.05, 4.69) is 9.88 Å². The Morgan fingerprint density at radius 1 is 1.14 bits per heavy atom. The predicted octanol–water partition coefficient (Wildman–Crippen LogP) is 1.25. The molecule has 2 aliphatic heterocycles. The van der Waals surface area contributed by atoms with Crippen LogP contribution in [0.1, 0.15) is 47.3 Å². The Morgan fingerprint density at radius 2 is 1.79 bits per heavy atom. The van der Waals surface area contributed by atoms with Crippen LogP contribution in [-0.2, 0) is 11.8 Å². The Labute approximate surface area is 173 Å². The van der Waals surface area contributed by atoms with Crippen molar-refractivity contribution in [2.45, 2.75) is 44.6 Å². The van der Waals surface area contributed by atoms with Gasteiger partial charge in [0.2, 0.25) is 5.91 Å². The molecule has 0 aliphatic carbocycles. The summed E-state index contributed by atoms with van der Waals surface area (Å²) in [7, 11) is 1.65. The van der Waals surface area contributed by atoms with Crippen LogP contribution in [0, 0.1) is 6.92 Å². The summed E-state index contributed by atoms with van der Waals surface area (Å²) in [5.41, 5.74) is 5.74. The van der Waals surface area contributed by atoms with E-state index in [9.17, 15) is 14.4 Å². The number of carbonyl (C=O) groups excluding carboxylic acids is 2. The number of amides is 2. The third-order valence-electron chi connectivity index (χ3n) is 6.50. The van der Waals surface area contributed by atoms with E-state index in [0.717, 1.165) is 25.9 Å². The molecule has 4 heterocycles. The van der Waals surface area contributed by atoms with Gasteiger partial charge in [-0.25, -0.2) is 4.98 Å². The van der Waals surface area contributed by atoms with Crippen LogP contribution in [0.25, 0.3) is 10.2 Å². The van der Waals surface area contributed by atoms with E-state index in [4.69, 9.17) is 5.73 Å². The van der Waals surface area contributed by atoms with Crippen LogP contribution < -0.4 is 11.3 Å². The molecule has 0 saturated carbocycles. The molecule has 0 unspecified atom stereocenters. The van der Waals surface area contributed by atoms with Crippen LogP contribution in [0.4, 0.5) is 0 Å². The molecule has 0 atom stereocenters. The summed E-state index contributed by atoms with van der Waals surface area (Å²) < 4.78 is 1.43. The SMILES string of the molecule is Cc1c(C(=O)N2CCC(C(N)=O)(N3CCCCC3)CC2)sc2ncn(C)c(=O)c12. The van der Waals surface area contributed by atoms with Crippen LogP contribution in [0.2, 0.25) is 0 Å². The molecule has 29 heavy (non-hydrogen) atoms. The monoisotopic (exact) mass is 417 g/mol. The van der Waals surface area contributed by atoms with Gasteiger partial charge in [-0.3, -0.25) is 19.3 Å². The fourth-order valence-electron chi connectivity index (χ4n) is 4.68. The fraction of sp³-hybridized carbons (Fsp3) is 0.600.